The van der Waals surface area contributed by atoms with Gasteiger partial charge in [0.05, 0.1) is 0 Å². The summed E-state index contributed by atoms with van der Waals surface area (Å²) in [4.78, 5) is 10.7. The third-order valence-corrected chi connectivity index (χ3v) is 1.05. The Morgan fingerprint density at radius 3 is 2.80 bits per heavy atom. The summed E-state index contributed by atoms with van der Waals surface area (Å²) in [6, 6.07) is 0. The van der Waals surface area contributed by atoms with Crippen LogP contribution in [0.25, 0.3) is 0 Å². The molecule has 0 atom stereocenters. The minimum atomic E-state index is 0.0379. The van der Waals surface area contributed by atoms with Gasteiger partial charge in [-0.15, -0.1) is 0 Å². The maximum Gasteiger partial charge on any atom is 0.180 e. The van der Waals surface area contributed by atoms with Crippen LogP contribution in [0.15, 0.2) is 12.2 Å². The lowest BCUT2D eigenvalue weighted by Gasteiger charge is -1.89. The second kappa shape index (κ2) is 6.49. The van der Waals surface area contributed by atoms with E-state index >= 15 is 0 Å². The predicted octanol–water partition coefficient (Wildman–Crippen LogP) is 1.56. The van der Waals surface area contributed by atoms with Crippen molar-refractivity contribution in [2.45, 2.75) is 19.8 Å². The van der Waals surface area contributed by atoms with Crippen LogP contribution < -0.4 is 0 Å². The Kier molecular flexibility index (Phi) is 6.08. The van der Waals surface area contributed by atoms with E-state index < -0.39 is 0 Å². The molecule has 10 heavy (non-hydrogen) atoms. The molecule has 2 heteroatoms. The first-order valence-electron chi connectivity index (χ1n) is 3.49. The van der Waals surface area contributed by atoms with Crippen molar-refractivity contribution in [3.63, 3.8) is 0 Å². The van der Waals surface area contributed by atoms with Crippen LogP contribution in [0, 0.1) is 0 Å². The molecule has 0 fully saturated rings. The van der Waals surface area contributed by atoms with Gasteiger partial charge >= 0.3 is 0 Å². The van der Waals surface area contributed by atoms with Crippen molar-refractivity contribution in [2.75, 3.05) is 13.7 Å². The standard InChI is InChI=1S/C8H14O2/c1-3-4-5-6-8(9)7-10-2/h5-6H,3-4,7H2,1-2H3/b6-5+. The first kappa shape index (κ1) is 9.37. The Bertz CT molecular complexity index is 116. The topological polar surface area (TPSA) is 26.3 Å². The van der Waals surface area contributed by atoms with Crippen LogP contribution in [-0.4, -0.2) is 19.5 Å². The Balaban J connectivity index is 3.36. The summed E-state index contributed by atoms with van der Waals surface area (Å²) in [5.41, 5.74) is 0. The van der Waals surface area contributed by atoms with Crippen molar-refractivity contribution in [3.05, 3.63) is 12.2 Å². The second-order valence-corrected chi connectivity index (χ2v) is 2.09. The number of allylic oxidation sites excluding steroid dienone is 1. The largest absolute Gasteiger partial charge is 0.377 e. The van der Waals surface area contributed by atoms with Crippen LogP contribution >= 0.6 is 0 Å². The summed E-state index contributed by atoms with van der Waals surface area (Å²) in [5, 5.41) is 0. The summed E-state index contributed by atoms with van der Waals surface area (Å²) >= 11 is 0. The van der Waals surface area contributed by atoms with E-state index in [2.05, 4.69) is 11.7 Å². The molecule has 0 aliphatic heterocycles. The molecule has 0 heterocycles. The molecule has 0 bridgehead atoms. The fourth-order valence-corrected chi connectivity index (χ4v) is 0.572. The molecule has 0 saturated carbocycles. The third kappa shape index (κ3) is 5.51. The van der Waals surface area contributed by atoms with Gasteiger partial charge in [0, 0.05) is 7.11 Å². The minimum Gasteiger partial charge on any atom is -0.377 e. The number of hydrogen-bond acceptors (Lipinski definition) is 2. The van der Waals surface area contributed by atoms with Gasteiger partial charge in [-0.25, -0.2) is 0 Å². The number of ether oxygens (including phenoxy) is 1. The highest BCUT2D eigenvalue weighted by atomic mass is 16.5. The van der Waals surface area contributed by atoms with Gasteiger partial charge in [0.2, 0.25) is 0 Å². The van der Waals surface area contributed by atoms with E-state index in [1.54, 1.807) is 6.08 Å². The van der Waals surface area contributed by atoms with Gasteiger partial charge < -0.3 is 4.74 Å². The first-order valence-corrected chi connectivity index (χ1v) is 3.49. The molecule has 0 aliphatic rings. The number of carbonyl (C=O) groups is 1. The minimum absolute atomic E-state index is 0.0379. The van der Waals surface area contributed by atoms with E-state index in [4.69, 9.17) is 0 Å². The van der Waals surface area contributed by atoms with Crippen molar-refractivity contribution >= 4 is 5.78 Å². The summed E-state index contributed by atoms with van der Waals surface area (Å²) in [7, 11) is 1.52. The van der Waals surface area contributed by atoms with Gasteiger partial charge in [-0.05, 0) is 12.5 Å². The summed E-state index contributed by atoms with van der Waals surface area (Å²) < 4.78 is 4.63. The highest BCUT2D eigenvalue weighted by molar-refractivity contribution is 5.90. The summed E-state index contributed by atoms with van der Waals surface area (Å²) in [6.45, 7) is 2.27. The van der Waals surface area contributed by atoms with Gasteiger partial charge in [-0.2, -0.15) is 0 Å². The van der Waals surface area contributed by atoms with Gasteiger partial charge in [0.1, 0.15) is 6.61 Å². The van der Waals surface area contributed by atoms with Crippen molar-refractivity contribution in [1.29, 1.82) is 0 Å². The van der Waals surface area contributed by atoms with E-state index in [-0.39, 0.29) is 12.4 Å². The van der Waals surface area contributed by atoms with Crippen LogP contribution in [0.1, 0.15) is 19.8 Å². The lowest BCUT2D eigenvalue weighted by molar-refractivity contribution is -0.118. The Labute approximate surface area is 61.9 Å². The van der Waals surface area contributed by atoms with E-state index in [1.807, 2.05) is 6.08 Å². The van der Waals surface area contributed by atoms with Gasteiger partial charge in [0.25, 0.3) is 0 Å². The quantitative estimate of drug-likeness (QED) is 0.544. The number of rotatable bonds is 5. The van der Waals surface area contributed by atoms with Gasteiger partial charge in [-0.1, -0.05) is 19.4 Å². The highest BCUT2D eigenvalue weighted by Crippen LogP contribution is 1.88. The lowest BCUT2D eigenvalue weighted by atomic mass is 10.3. The Morgan fingerprint density at radius 2 is 2.30 bits per heavy atom. The number of carbonyl (C=O) groups excluding carboxylic acids is 1. The van der Waals surface area contributed by atoms with E-state index in [1.165, 1.54) is 7.11 Å². The van der Waals surface area contributed by atoms with Crippen molar-refractivity contribution in [2.24, 2.45) is 0 Å². The molecule has 0 saturated heterocycles. The second-order valence-electron chi connectivity index (χ2n) is 2.09. The Hall–Kier alpha value is -0.630. The molecule has 0 unspecified atom stereocenters. The van der Waals surface area contributed by atoms with Crippen LogP contribution in [0.2, 0.25) is 0 Å². The average Bonchev–Trinajstić information content (AvgIpc) is 1.89. The Morgan fingerprint density at radius 1 is 1.60 bits per heavy atom. The molecule has 0 aromatic carbocycles. The fourth-order valence-electron chi connectivity index (χ4n) is 0.572. The number of ketones is 1. The lowest BCUT2D eigenvalue weighted by Crippen LogP contribution is -2.01. The average molecular weight is 142 g/mol. The van der Waals surface area contributed by atoms with Crippen molar-refractivity contribution in [3.8, 4) is 0 Å². The van der Waals surface area contributed by atoms with E-state index in [9.17, 15) is 4.79 Å². The molecule has 0 aromatic heterocycles. The number of hydrogen-bond donors (Lipinski definition) is 0. The molecule has 0 aliphatic carbocycles. The zero-order chi connectivity index (χ0) is 7.82. The molecule has 2 nitrogen and oxygen atoms in total. The SMILES string of the molecule is CCC/C=C/C(=O)COC. The predicted molar refractivity (Wildman–Crippen MR) is 40.9 cm³/mol. The molecule has 0 aromatic rings. The normalized spacial score (nSPS) is 10.6. The number of methoxy groups -OCH3 is 1. The fraction of sp³-hybridized carbons (Fsp3) is 0.625. The smallest absolute Gasteiger partial charge is 0.180 e. The zero-order valence-corrected chi connectivity index (χ0v) is 6.59. The maximum absolute atomic E-state index is 10.7. The van der Waals surface area contributed by atoms with E-state index in [0.29, 0.717) is 0 Å². The van der Waals surface area contributed by atoms with Crippen LogP contribution in [0.4, 0.5) is 0 Å². The first-order chi connectivity index (χ1) is 4.81. The monoisotopic (exact) mass is 142 g/mol. The third-order valence-electron chi connectivity index (χ3n) is 1.05. The molecule has 0 spiro atoms. The van der Waals surface area contributed by atoms with Gasteiger partial charge in [-0.3, -0.25) is 4.79 Å². The molecule has 0 N–H and O–H groups in total. The molecule has 58 valence electrons. The molecular formula is C8H14O2. The van der Waals surface area contributed by atoms with Crippen molar-refractivity contribution in [1.82, 2.24) is 0 Å². The molecule has 0 radical (unpaired) electrons. The number of unbranched alkanes of at least 4 members (excludes halogenated alkanes) is 1. The molecule has 0 rings (SSSR count). The van der Waals surface area contributed by atoms with E-state index in [0.717, 1.165) is 12.8 Å². The van der Waals surface area contributed by atoms with Crippen molar-refractivity contribution < 1.29 is 9.53 Å². The summed E-state index contributed by atoms with van der Waals surface area (Å²) in [5.74, 6) is 0.0379. The zero-order valence-electron chi connectivity index (χ0n) is 6.59. The summed E-state index contributed by atoms with van der Waals surface area (Å²) in [6.07, 6.45) is 5.50. The van der Waals surface area contributed by atoms with Crippen LogP contribution in [0.5, 0.6) is 0 Å². The maximum atomic E-state index is 10.7. The van der Waals surface area contributed by atoms with Crippen LogP contribution in [-0.2, 0) is 9.53 Å². The highest BCUT2D eigenvalue weighted by Gasteiger charge is 1.90. The van der Waals surface area contributed by atoms with Gasteiger partial charge in [0.15, 0.2) is 5.78 Å². The molecular weight excluding hydrogens is 128 g/mol. The molecule has 0 amide bonds. The van der Waals surface area contributed by atoms with Crippen LogP contribution in [0.3, 0.4) is 0 Å².